The molecule has 1 unspecified atom stereocenters. The monoisotopic (exact) mass is 258 g/mol. The van der Waals surface area contributed by atoms with Crippen molar-refractivity contribution in [3.8, 4) is 0 Å². The Morgan fingerprint density at radius 1 is 1.59 bits per heavy atom. The first-order chi connectivity index (χ1) is 7.85. The summed E-state index contributed by atoms with van der Waals surface area (Å²) in [6.45, 7) is 3.84. The quantitative estimate of drug-likeness (QED) is 0.753. The third-order valence-electron chi connectivity index (χ3n) is 2.46. The maximum Gasteiger partial charge on any atom is 0.356 e. The lowest BCUT2D eigenvalue weighted by molar-refractivity contribution is 0.0690. The molecule has 0 aliphatic rings. The molecule has 5 nitrogen and oxygen atoms in total. The van der Waals surface area contributed by atoms with Gasteiger partial charge in [0, 0.05) is 6.54 Å². The lowest BCUT2D eigenvalue weighted by Crippen LogP contribution is -2.32. The van der Waals surface area contributed by atoms with Crippen LogP contribution < -0.4 is 5.32 Å². The van der Waals surface area contributed by atoms with E-state index >= 15 is 0 Å². The van der Waals surface area contributed by atoms with Gasteiger partial charge in [-0.2, -0.15) is 0 Å². The van der Waals surface area contributed by atoms with Crippen molar-refractivity contribution in [2.45, 2.75) is 25.9 Å². The van der Waals surface area contributed by atoms with Gasteiger partial charge in [-0.3, -0.25) is 0 Å². The van der Waals surface area contributed by atoms with Gasteiger partial charge in [0.25, 0.3) is 0 Å². The zero-order chi connectivity index (χ0) is 13.1. The number of aromatic carboxylic acids is 1. The Hall–Kier alpha value is -1.33. The highest BCUT2D eigenvalue weighted by Crippen LogP contribution is 2.17. The predicted octanol–water partition coefficient (Wildman–Crippen LogP) is 2.01. The van der Waals surface area contributed by atoms with E-state index in [0.717, 1.165) is 0 Å². The lowest BCUT2D eigenvalue weighted by Gasteiger charge is -2.21. The predicted molar refractivity (Wildman–Crippen MR) is 65.6 cm³/mol. The van der Waals surface area contributed by atoms with E-state index in [2.05, 4.69) is 10.3 Å². The summed E-state index contributed by atoms with van der Waals surface area (Å²) in [5, 5.41) is 21.6. The largest absolute Gasteiger partial charge is 0.476 e. The number of rotatable bonds is 5. The van der Waals surface area contributed by atoms with Crippen molar-refractivity contribution in [2.24, 2.45) is 0 Å². The number of nitrogens with zero attached hydrogens (tertiary/aromatic N) is 1. The van der Waals surface area contributed by atoms with Gasteiger partial charge in [0.15, 0.2) is 5.69 Å². The van der Waals surface area contributed by atoms with Crippen molar-refractivity contribution in [1.29, 1.82) is 0 Å². The van der Waals surface area contributed by atoms with E-state index in [9.17, 15) is 9.90 Å². The number of carboxylic acid groups (broad SMARTS) is 1. The number of carboxylic acids is 1. The second kappa shape index (κ2) is 5.33. The SMILES string of the molecule is CCC(C)(O)CNc1ccc(Cl)c(C(=O)O)n1. The highest BCUT2D eigenvalue weighted by Gasteiger charge is 2.18. The van der Waals surface area contributed by atoms with Crippen molar-refractivity contribution in [1.82, 2.24) is 4.98 Å². The van der Waals surface area contributed by atoms with E-state index in [1.54, 1.807) is 13.0 Å². The molecule has 0 aliphatic heterocycles. The summed E-state index contributed by atoms with van der Waals surface area (Å²) in [5.41, 5.74) is -1.06. The Labute approximate surface area is 104 Å². The molecule has 1 heterocycles. The van der Waals surface area contributed by atoms with Crippen molar-refractivity contribution >= 4 is 23.4 Å². The molecule has 0 fully saturated rings. The third-order valence-corrected chi connectivity index (χ3v) is 2.77. The second-order valence-corrected chi connectivity index (χ2v) is 4.44. The van der Waals surface area contributed by atoms with Crippen LogP contribution in [0.3, 0.4) is 0 Å². The molecule has 1 aromatic rings. The molecule has 0 saturated carbocycles. The van der Waals surface area contributed by atoms with E-state index in [1.165, 1.54) is 6.07 Å². The molecule has 6 heteroatoms. The number of aromatic nitrogens is 1. The van der Waals surface area contributed by atoms with Crippen LogP contribution in [0.1, 0.15) is 30.8 Å². The molecule has 3 N–H and O–H groups in total. The first kappa shape index (κ1) is 13.7. The highest BCUT2D eigenvalue weighted by atomic mass is 35.5. The van der Waals surface area contributed by atoms with Crippen LogP contribution in [-0.4, -0.2) is 33.3 Å². The van der Waals surface area contributed by atoms with Gasteiger partial charge in [-0.1, -0.05) is 18.5 Å². The molecule has 0 aliphatic carbocycles. The van der Waals surface area contributed by atoms with Crippen LogP contribution in [0.4, 0.5) is 5.82 Å². The van der Waals surface area contributed by atoms with Crippen LogP contribution in [0.15, 0.2) is 12.1 Å². The first-order valence-electron chi connectivity index (χ1n) is 5.22. The summed E-state index contributed by atoms with van der Waals surface area (Å²) in [6, 6.07) is 3.03. The van der Waals surface area contributed by atoms with Crippen molar-refractivity contribution in [3.05, 3.63) is 22.8 Å². The molecule has 1 rings (SSSR count). The summed E-state index contributed by atoms with van der Waals surface area (Å²) in [5.74, 6) is -0.804. The van der Waals surface area contributed by atoms with Crippen LogP contribution in [0.25, 0.3) is 0 Å². The summed E-state index contributed by atoms with van der Waals surface area (Å²) >= 11 is 5.69. The highest BCUT2D eigenvalue weighted by molar-refractivity contribution is 6.33. The number of pyridine rings is 1. The number of hydrogen-bond acceptors (Lipinski definition) is 4. The van der Waals surface area contributed by atoms with Gasteiger partial charge in [-0.05, 0) is 25.5 Å². The van der Waals surface area contributed by atoms with Gasteiger partial charge < -0.3 is 15.5 Å². The maximum atomic E-state index is 10.8. The Morgan fingerprint density at radius 2 is 2.24 bits per heavy atom. The minimum atomic E-state index is -1.18. The first-order valence-corrected chi connectivity index (χ1v) is 5.59. The minimum absolute atomic E-state index is 0.0882. The molecular weight excluding hydrogens is 244 g/mol. The molecule has 0 spiro atoms. The fourth-order valence-corrected chi connectivity index (χ4v) is 1.28. The van der Waals surface area contributed by atoms with Crippen molar-refractivity contribution in [2.75, 3.05) is 11.9 Å². The summed E-state index contributed by atoms with van der Waals surface area (Å²) in [7, 11) is 0. The third kappa shape index (κ3) is 3.87. The average molecular weight is 259 g/mol. The van der Waals surface area contributed by atoms with Gasteiger partial charge >= 0.3 is 5.97 Å². The van der Waals surface area contributed by atoms with Gasteiger partial charge in [0.2, 0.25) is 0 Å². The smallest absolute Gasteiger partial charge is 0.356 e. The van der Waals surface area contributed by atoms with E-state index in [-0.39, 0.29) is 17.3 Å². The van der Waals surface area contributed by atoms with E-state index in [0.29, 0.717) is 12.2 Å². The molecule has 17 heavy (non-hydrogen) atoms. The number of anilines is 1. The molecule has 0 radical (unpaired) electrons. The number of carbonyl (C=O) groups is 1. The Kier molecular flexibility index (Phi) is 4.31. The summed E-state index contributed by atoms with van der Waals surface area (Å²) in [4.78, 5) is 14.7. The van der Waals surface area contributed by atoms with Gasteiger partial charge in [-0.15, -0.1) is 0 Å². The maximum absolute atomic E-state index is 10.8. The molecule has 0 bridgehead atoms. The van der Waals surface area contributed by atoms with Crippen LogP contribution in [-0.2, 0) is 0 Å². The van der Waals surface area contributed by atoms with Gasteiger partial charge in [0.1, 0.15) is 5.82 Å². The second-order valence-electron chi connectivity index (χ2n) is 4.04. The fraction of sp³-hybridized carbons (Fsp3) is 0.455. The molecule has 94 valence electrons. The molecular formula is C11H15ClN2O3. The zero-order valence-electron chi connectivity index (χ0n) is 9.70. The summed E-state index contributed by atoms with van der Waals surface area (Å²) < 4.78 is 0. The average Bonchev–Trinajstić information content (AvgIpc) is 2.27. The fourth-order valence-electron chi connectivity index (χ4n) is 1.10. The van der Waals surface area contributed by atoms with Gasteiger partial charge in [-0.25, -0.2) is 9.78 Å². The van der Waals surface area contributed by atoms with E-state index < -0.39 is 11.6 Å². The Balaban J connectivity index is 2.80. The molecule has 1 atom stereocenters. The molecule has 1 aromatic heterocycles. The van der Waals surface area contributed by atoms with Crippen LogP contribution in [0.5, 0.6) is 0 Å². The van der Waals surface area contributed by atoms with E-state index in [1.807, 2.05) is 6.92 Å². The molecule has 0 amide bonds. The molecule has 0 saturated heterocycles. The van der Waals surface area contributed by atoms with Crippen LogP contribution in [0, 0.1) is 0 Å². The Bertz CT molecular complexity index is 421. The minimum Gasteiger partial charge on any atom is -0.476 e. The normalized spacial score (nSPS) is 14.1. The van der Waals surface area contributed by atoms with Gasteiger partial charge in [0.05, 0.1) is 10.6 Å². The van der Waals surface area contributed by atoms with Crippen LogP contribution in [0.2, 0.25) is 5.02 Å². The van der Waals surface area contributed by atoms with Crippen molar-refractivity contribution < 1.29 is 15.0 Å². The standard InChI is InChI=1S/C11H15ClN2O3/c1-3-11(2,17)6-13-8-5-4-7(12)9(14-8)10(15)16/h4-5,17H,3,6H2,1-2H3,(H,13,14)(H,15,16). The number of aliphatic hydroxyl groups is 1. The Morgan fingerprint density at radius 3 is 2.76 bits per heavy atom. The van der Waals surface area contributed by atoms with Crippen LogP contribution >= 0.6 is 11.6 Å². The molecule has 0 aromatic carbocycles. The number of hydrogen-bond donors (Lipinski definition) is 3. The van der Waals surface area contributed by atoms with E-state index in [4.69, 9.17) is 16.7 Å². The number of nitrogens with one attached hydrogen (secondary N) is 1. The van der Waals surface area contributed by atoms with Crippen molar-refractivity contribution in [3.63, 3.8) is 0 Å². The zero-order valence-corrected chi connectivity index (χ0v) is 10.5. The topological polar surface area (TPSA) is 82.5 Å². The lowest BCUT2D eigenvalue weighted by atomic mass is 10.0. The summed E-state index contributed by atoms with van der Waals surface area (Å²) in [6.07, 6.45) is 0.583. The number of halogens is 1.